The highest BCUT2D eigenvalue weighted by atomic mass is 19.3. The second-order valence-corrected chi connectivity index (χ2v) is 4.28. The average Bonchev–Trinajstić information content (AvgIpc) is 2.47. The number of hydrogen-bond donors (Lipinski definition) is 0. The van der Waals surface area contributed by atoms with Crippen molar-refractivity contribution in [3.05, 3.63) is 35.1 Å². The number of alkyl halides is 2. The topological polar surface area (TPSA) is 27.0 Å². The van der Waals surface area contributed by atoms with Gasteiger partial charge < -0.3 is 4.90 Å². The Morgan fingerprint density at radius 3 is 2.75 bits per heavy atom. The number of nitrogens with zero attached hydrogens (tertiary/aromatic N) is 2. The van der Waals surface area contributed by atoms with Gasteiger partial charge in [0.25, 0.3) is 0 Å². The lowest BCUT2D eigenvalue weighted by molar-refractivity contribution is -0.0438. The van der Waals surface area contributed by atoms with Crippen LogP contribution in [-0.4, -0.2) is 17.0 Å². The highest BCUT2D eigenvalue weighted by Gasteiger charge is 2.44. The molecule has 2 nitrogen and oxygen atoms in total. The minimum Gasteiger partial charge on any atom is -0.310 e. The summed E-state index contributed by atoms with van der Waals surface area (Å²) in [6.45, 7) is 0.940. The molecule has 1 heterocycles. The molecule has 0 spiro atoms. The molecule has 1 aliphatic heterocycles. The fraction of sp³-hybridized carbons (Fsp3) is 0.417. The SMILES string of the molecule is CC1=CC2=CC(C#N)=CCC2(C)N1C(F)F. The minimum absolute atomic E-state index is 0.444. The molecule has 2 rings (SSSR count). The van der Waals surface area contributed by atoms with Crippen molar-refractivity contribution in [1.82, 2.24) is 4.90 Å². The van der Waals surface area contributed by atoms with E-state index in [-0.39, 0.29) is 0 Å². The van der Waals surface area contributed by atoms with E-state index in [1.807, 2.05) is 6.07 Å². The third kappa shape index (κ3) is 1.35. The van der Waals surface area contributed by atoms with E-state index in [0.717, 1.165) is 10.5 Å². The van der Waals surface area contributed by atoms with Crippen LogP contribution in [0.15, 0.2) is 35.1 Å². The van der Waals surface area contributed by atoms with Gasteiger partial charge in [0.15, 0.2) is 0 Å². The second kappa shape index (κ2) is 3.44. The van der Waals surface area contributed by atoms with E-state index < -0.39 is 12.1 Å². The van der Waals surface area contributed by atoms with E-state index in [0.29, 0.717) is 17.7 Å². The van der Waals surface area contributed by atoms with Gasteiger partial charge in [0, 0.05) is 11.3 Å². The zero-order chi connectivity index (χ0) is 11.9. The van der Waals surface area contributed by atoms with Crippen LogP contribution < -0.4 is 0 Å². The first-order valence-corrected chi connectivity index (χ1v) is 5.07. The quantitative estimate of drug-likeness (QED) is 0.638. The molecule has 0 aromatic carbocycles. The summed E-state index contributed by atoms with van der Waals surface area (Å²) >= 11 is 0. The van der Waals surface area contributed by atoms with Crippen LogP contribution in [0.2, 0.25) is 0 Å². The molecule has 0 aromatic heterocycles. The van der Waals surface area contributed by atoms with E-state index in [1.165, 1.54) is 0 Å². The largest absolute Gasteiger partial charge is 0.315 e. The summed E-state index contributed by atoms with van der Waals surface area (Å²) in [5.74, 6) is 0. The predicted octanol–water partition coefficient (Wildman–Crippen LogP) is 2.97. The van der Waals surface area contributed by atoms with Crippen molar-refractivity contribution in [1.29, 1.82) is 5.26 Å². The van der Waals surface area contributed by atoms with Crippen LogP contribution in [-0.2, 0) is 0 Å². The summed E-state index contributed by atoms with van der Waals surface area (Å²) in [5, 5.41) is 8.79. The standard InChI is InChI=1S/C12H12F2N2/c1-8-5-10-6-9(7-15)3-4-12(10,2)16(8)11(13)14/h3,5-6,11H,4H2,1-2H3. The van der Waals surface area contributed by atoms with Crippen molar-refractivity contribution in [2.45, 2.75) is 32.4 Å². The van der Waals surface area contributed by atoms with Crippen molar-refractivity contribution >= 4 is 0 Å². The molecule has 2 aliphatic rings. The van der Waals surface area contributed by atoms with Crippen LogP contribution in [0.25, 0.3) is 0 Å². The second-order valence-electron chi connectivity index (χ2n) is 4.28. The van der Waals surface area contributed by atoms with Gasteiger partial charge in [0.1, 0.15) is 0 Å². The lowest BCUT2D eigenvalue weighted by Crippen LogP contribution is -2.45. The molecular weight excluding hydrogens is 210 g/mol. The zero-order valence-electron chi connectivity index (χ0n) is 9.17. The van der Waals surface area contributed by atoms with Crippen molar-refractivity contribution in [2.75, 3.05) is 0 Å². The normalized spacial score (nSPS) is 28.2. The Labute approximate surface area is 93.2 Å². The average molecular weight is 222 g/mol. The molecule has 84 valence electrons. The molecule has 0 aromatic rings. The van der Waals surface area contributed by atoms with Gasteiger partial charge >= 0.3 is 6.55 Å². The number of halogens is 2. The van der Waals surface area contributed by atoms with Crippen LogP contribution in [0.3, 0.4) is 0 Å². The Morgan fingerprint density at radius 2 is 2.19 bits per heavy atom. The Morgan fingerprint density at radius 1 is 1.50 bits per heavy atom. The van der Waals surface area contributed by atoms with E-state index in [4.69, 9.17) is 5.26 Å². The summed E-state index contributed by atoms with van der Waals surface area (Å²) in [6, 6.07) is 2.04. The van der Waals surface area contributed by atoms with E-state index >= 15 is 0 Å². The third-order valence-corrected chi connectivity index (χ3v) is 3.25. The number of rotatable bonds is 1. The van der Waals surface area contributed by atoms with Gasteiger partial charge in [-0.25, -0.2) is 0 Å². The number of fused-ring (bicyclic) bond motifs is 1. The van der Waals surface area contributed by atoms with Crippen LogP contribution >= 0.6 is 0 Å². The van der Waals surface area contributed by atoms with Gasteiger partial charge in [-0.3, -0.25) is 0 Å². The molecule has 0 saturated carbocycles. The monoisotopic (exact) mass is 222 g/mol. The summed E-state index contributed by atoms with van der Waals surface area (Å²) in [6.07, 6.45) is 5.58. The molecule has 1 unspecified atom stereocenters. The smallest absolute Gasteiger partial charge is 0.310 e. The molecule has 4 heteroatoms. The van der Waals surface area contributed by atoms with Crippen LogP contribution in [0, 0.1) is 11.3 Å². The van der Waals surface area contributed by atoms with Crippen molar-refractivity contribution in [3.63, 3.8) is 0 Å². The van der Waals surface area contributed by atoms with Gasteiger partial charge in [0.05, 0.1) is 11.6 Å². The van der Waals surface area contributed by atoms with Gasteiger partial charge in [-0.05, 0) is 38.0 Å². The third-order valence-electron chi connectivity index (χ3n) is 3.25. The molecular formula is C12H12F2N2. The summed E-state index contributed by atoms with van der Waals surface area (Å²) < 4.78 is 25.9. The first kappa shape index (κ1) is 10.9. The van der Waals surface area contributed by atoms with Crippen LogP contribution in [0.1, 0.15) is 20.3 Å². The molecule has 0 N–H and O–H groups in total. The van der Waals surface area contributed by atoms with Gasteiger partial charge in [0.2, 0.25) is 0 Å². The summed E-state index contributed by atoms with van der Waals surface area (Å²) in [5.41, 5.74) is 1.20. The number of nitriles is 1. The molecule has 1 aliphatic carbocycles. The van der Waals surface area contributed by atoms with E-state index in [9.17, 15) is 8.78 Å². The fourth-order valence-electron chi connectivity index (χ4n) is 2.37. The Kier molecular flexibility index (Phi) is 2.34. The van der Waals surface area contributed by atoms with Gasteiger partial charge in [-0.1, -0.05) is 6.08 Å². The molecule has 0 amide bonds. The first-order chi connectivity index (χ1) is 7.49. The highest BCUT2D eigenvalue weighted by molar-refractivity contribution is 5.51. The lowest BCUT2D eigenvalue weighted by atomic mass is 9.84. The Balaban J connectivity index is 2.44. The summed E-state index contributed by atoms with van der Waals surface area (Å²) in [4.78, 5) is 1.11. The lowest BCUT2D eigenvalue weighted by Gasteiger charge is -2.39. The Hall–Kier alpha value is -1.63. The predicted molar refractivity (Wildman–Crippen MR) is 56.4 cm³/mol. The van der Waals surface area contributed by atoms with E-state index in [2.05, 4.69) is 0 Å². The van der Waals surface area contributed by atoms with E-state index in [1.54, 1.807) is 32.1 Å². The maximum absolute atomic E-state index is 13.0. The minimum atomic E-state index is -2.51. The number of hydrogen-bond acceptors (Lipinski definition) is 2. The molecule has 0 fully saturated rings. The first-order valence-electron chi connectivity index (χ1n) is 5.07. The highest BCUT2D eigenvalue weighted by Crippen LogP contribution is 2.43. The molecule has 0 radical (unpaired) electrons. The van der Waals surface area contributed by atoms with Crippen molar-refractivity contribution in [3.8, 4) is 6.07 Å². The van der Waals surface area contributed by atoms with Crippen LogP contribution in [0.4, 0.5) is 8.78 Å². The van der Waals surface area contributed by atoms with Crippen LogP contribution in [0.5, 0.6) is 0 Å². The van der Waals surface area contributed by atoms with Crippen molar-refractivity contribution in [2.24, 2.45) is 0 Å². The molecule has 16 heavy (non-hydrogen) atoms. The maximum atomic E-state index is 13.0. The Bertz CT molecular complexity index is 454. The molecule has 0 saturated heterocycles. The van der Waals surface area contributed by atoms with Gasteiger partial charge in [-0.2, -0.15) is 14.0 Å². The number of allylic oxidation sites excluding steroid dienone is 3. The van der Waals surface area contributed by atoms with Gasteiger partial charge in [-0.15, -0.1) is 0 Å². The molecule has 0 bridgehead atoms. The summed E-state index contributed by atoms with van der Waals surface area (Å²) in [7, 11) is 0. The van der Waals surface area contributed by atoms with Crippen molar-refractivity contribution < 1.29 is 8.78 Å². The zero-order valence-corrected chi connectivity index (χ0v) is 9.17. The maximum Gasteiger partial charge on any atom is 0.315 e. The fourth-order valence-corrected chi connectivity index (χ4v) is 2.37. The molecule has 1 atom stereocenters.